The highest BCUT2D eigenvalue weighted by Crippen LogP contribution is 2.43. The summed E-state index contributed by atoms with van der Waals surface area (Å²) >= 11 is 6.01. The molecule has 2 aliphatic heterocycles. The van der Waals surface area contributed by atoms with Gasteiger partial charge in [-0.05, 0) is 80.0 Å². The van der Waals surface area contributed by atoms with E-state index in [0.29, 0.717) is 44.6 Å². The van der Waals surface area contributed by atoms with Gasteiger partial charge in [-0.1, -0.05) is 23.7 Å². The van der Waals surface area contributed by atoms with Gasteiger partial charge in [0.2, 0.25) is 17.9 Å². The molecule has 2 atom stereocenters. The molecule has 2 fully saturated rings. The van der Waals surface area contributed by atoms with E-state index in [1.54, 1.807) is 19.9 Å². The molecule has 6 rings (SSSR count). The maximum Gasteiger partial charge on any atom is 0.429 e. The van der Waals surface area contributed by atoms with Crippen LogP contribution in [0.25, 0.3) is 16.8 Å². The topological polar surface area (TPSA) is 120 Å². The van der Waals surface area contributed by atoms with Gasteiger partial charge in [-0.15, -0.1) is 0 Å². The maximum atomic E-state index is 14.9. The van der Waals surface area contributed by atoms with E-state index in [9.17, 15) is 31.1 Å². The first kappa shape index (κ1) is 36.2. The molecule has 0 aliphatic carbocycles. The van der Waals surface area contributed by atoms with E-state index in [2.05, 4.69) is 20.4 Å². The monoisotopic (exact) mass is 737 g/mol. The number of esters is 1. The Hall–Kier alpha value is -4.57. The lowest BCUT2D eigenvalue weighted by atomic mass is 9.76. The van der Waals surface area contributed by atoms with Crippen LogP contribution in [0.3, 0.4) is 0 Å². The van der Waals surface area contributed by atoms with E-state index >= 15 is 0 Å². The van der Waals surface area contributed by atoms with E-state index in [-0.39, 0.29) is 57.2 Å². The number of nitrogen functional groups attached to an aromatic ring is 1. The van der Waals surface area contributed by atoms with Gasteiger partial charge in [0.15, 0.2) is 0 Å². The van der Waals surface area contributed by atoms with Crippen LogP contribution in [0, 0.1) is 12.3 Å². The van der Waals surface area contributed by atoms with E-state index in [4.69, 9.17) is 26.8 Å². The van der Waals surface area contributed by atoms with Gasteiger partial charge < -0.3 is 25.4 Å². The van der Waals surface area contributed by atoms with Crippen molar-refractivity contribution in [1.82, 2.24) is 25.1 Å². The van der Waals surface area contributed by atoms with Crippen LogP contribution in [0.1, 0.15) is 49.1 Å². The highest BCUT2D eigenvalue weighted by atomic mass is 35.5. The van der Waals surface area contributed by atoms with Crippen molar-refractivity contribution in [3.05, 3.63) is 76.6 Å². The van der Waals surface area contributed by atoms with Crippen LogP contribution in [-0.4, -0.2) is 64.2 Å². The second kappa shape index (κ2) is 13.9. The van der Waals surface area contributed by atoms with Crippen LogP contribution in [0.15, 0.2) is 54.7 Å². The minimum absolute atomic E-state index is 0.0392. The Balaban J connectivity index is 1.30. The van der Waals surface area contributed by atoms with Gasteiger partial charge in [0.25, 0.3) is 0 Å². The lowest BCUT2D eigenvalue weighted by Crippen LogP contribution is -2.41. The summed E-state index contributed by atoms with van der Waals surface area (Å²) in [5.41, 5.74) is 5.04. The number of aryl methyl sites for hydroxylation is 1. The fourth-order valence-electron chi connectivity index (χ4n) is 6.61. The Morgan fingerprint density at radius 2 is 1.80 bits per heavy atom. The zero-order valence-corrected chi connectivity index (χ0v) is 28.2. The molecular formula is C34H34ClF6N7O3. The predicted octanol–water partition coefficient (Wildman–Crippen LogP) is 7.09. The van der Waals surface area contributed by atoms with E-state index in [1.165, 1.54) is 35.1 Å². The molecule has 4 aromatic rings. The molecule has 2 aromatic heterocycles. The Bertz CT molecular complexity index is 1910. The number of piperidine rings is 1. The normalized spacial score (nSPS) is 18.2. The third kappa shape index (κ3) is 8.01. The van der Waals surface area contributed by atoms with Crippen molar-refractivity contribution in [2.75, 3.05) is 36.9 Å². The number of benzene rings is 2. The molecule has 2 aliphatic rings. The van der Waals surface area contributed by atoms with Crippen molar-refractivity contribution < 1.29 is 40.6 Å². The number of rotatable bonds is 8. The molecule has 51 heavy (non-hydrogen) atoms. The number of nitrogens with one attached hydrogen (secondary N) is 1. The summed E-state index contributed by atoms with van der Waals surface area (Å²) in [6.45, 7) is 5.31. The molecule has 0 bridgehead atoms. The predicted molar refractivity (Wildman–Crippen MR) is 177 cm³/mol. The largest absolute Gasteiger partial charge is 0.465 e. The van der Waals surface area contributed by atoms with Gasteiger partial charge in [0.05, 0.1) is 23.6 Å². The second-order valence-corrected chi connectivity index (χ2v) is 13.2. The minimum Gasteiger partial charge on any atom is -0.465 e. The molecule has 0 amide bonds. The summed E-state index contributed by atoms with van der Waals surface area (Å²) in [7, 11) is 0. The Kier molecular flexibility index (Phi) is 9.85. The van der Waals surface area contributed by atoms with Crippen LogP contribution in [0.2, 0.25) is 5.02 Å². The molecule has 2 aromatic carbocycles. The molecule has 0 saturated carbocycles. The quantitative estimate of drug-likeness (QED) is 0.144. The molecular weight excluding hydrogens is 704 g/mol. The zero-order valence-electron chi connectivity index (χ0n) is 27.5. The van der Waals surface area contributed by atoms with E-state index in [1.807, 2.05) is 4.90 Å². The summed E-state index contributed by atoms with van der Waals surface area (Å²) < 4.78 is 97.3. The molecule has 0 unspecified atom stereocenters. The smallest absolute Gasteiger partial charge is 0.429 e. The number of nitrogens with two attached hydrogens (primary N) is 1. The lowest BCUT2D eigenvalue weighted by Gasteiger charge is -2.39. The Morgan fingerprint density at radius 1 is 1.06 bits per heavy atom. The average molecular weight is 738 g/mol. The molecule has 17 heteroatoms. The number of hydrogen-bond donors (Lipinski definition) is 2. The number of nitrogens with zero attached hydrogens (tertiary/aromatic N) is 5. The van der Waals surface area contributed by atoms with Crippen LogP contribution in [0.4, 0.5) is 38.1 Å². The highest BCUT2D eigenvalue weighted by molar-refractivity contribution is 6.31. The Labute approximate surface area is 293 Å². The molecule has 0 radical (unpaired) electrons. The number of aromatic nitrogens is 4. The van der Waals surface area contributed by atoms with E-state index < -0.39 is 35.9 Å². The summed E-state index contributed by atoms with van der Waals surface area (Å²) in [6.07, 6.45) is -8.85. The van der Waals surface area contributed by atoms with Gasteiger partial charge in [0, 0.05) is 42.5 Å². The number of alkyl halides is 6. The number of carbonyl (C=O) groups excluding carboxylic acids is 1. The number of hydrogen-bond acceptors (Lipinski definition) is 9. The molecule has 2 saturated heterocycles. The van der Waals surface area contributed by atoms with Gasteiger partial charge in [-0.25, -0.2) is 4.68 Å². The first-order valence-corrected chi connectivity index (χ1v) is 16.5. The lowest BCUT2D eigenvalue weighted by molar-refractivity contribution is -0.198. The van der Waals surface area contributed by atoms with Crippen molar-refractivity contribution in [2.24, 2.45) is 5.41 Å². The molecule has 10 nitrogen and oxygen atoms in total. The first-order chi connectivity index (χ1) is 24.0. The van der Waals surface area contributed by atoms with Gasteiger partial charge >= 0.3 is 18.3 Å². The SMILES string of the molecule is CCOC(=O)[C@@H]1CC2(CCN(c3cc(O[C@H](c4ccc(-c5cc(Cl)cc(C(F)(F)F)c5)cc4-n4ccc(C)n4)C(F)(F)F)nc(N)n3)CC2)CN1. The summed E-state index contributed by atoms with van der Waals surface area (Å²) in [4.78, 5) is 22.4. The third-order valence-electron chi connectivity index (χ3n) is 9.16. The number of ether oxygens (including phenoxy) is 2. The number of halogens is 7. The fourth-order valence-corrected chi connectivity index (χ4v) is 6.85. The van der Waals surface area contributed by atoms with Crippen LogP contribution in [-0.2, 0) is 15.7 Å². The number of anilines is 2. The van der Waals surface area contributed by atoms with Crippen LogP contribution in [0.5, 0.6) is 5.88 Å². The van der Waals surface area contributed by atoms with Crippen molar-refractivity contribution in [3.8, 4) is 22.7 Å². The highest BCUT2D eigenvalue weighted by Gasteiger charge is 2.46. The second-order valence-electron chi connectivity index (χ2n) is 12.7. The molecule has 4 heterocycles. The van der Waals surface area contributed by atoms with Gasteiger partial charge in [-0.3, -0.25) is 4.79 Å². The third-order valence-corrected chi connectivity index (χ3v) is 9.38. The van der Waals surface area contributed by atoms with Crippen molar-refractivity contribution >= 4 is 29.3 Å². The summed E-state index contributed by atoms with van der Waals surface area (Å²) in [6, 6.07) is 9.07. The van der Waals surface area contributed by atoms with Crippen molar-refractivity contribution in [3.63, 3.8) is 0 Å². The Morgan fingerprint density at radius 3 is 2.45 bits per heavy atom. The summed E-state index contributed by atoms with van der Waals surface area (Å²) in [5, 5.41) is 7.32. The van der Waals surface area contributed by atoms with Crippen molar-refractivity contribution in [1.29, 1.82) is 0 Å². The molecule has 3 N–H and O–H groups in total. The van der Waals surface area contributed by atoms with Gasteiger partial charge in [-0.2, -0.15) is 41.4 Å². The maximum absolute atomic E-state index is 14.9. The first-order valence-electron chi connectivity index (χ1n) is 16.1. The van der Waals surface area contributed by atoms with Crippen LogP contribution < -0.4 is 20.7 Å². The minimum atomic E-state index is -4.99. The summed E-state index contributed by atoms with van der Waals surface area (Å²) in [5.74, 6) is -0.738. The van der Waals surface area contributed by atoms with Crippen LogP contribution >= 0.6 is 11.6 Å². The van der Waals surface area contributed by atoms with Gasteiger partial charge in [0.1, 0.15) is 11.9 Å². The van der Waals surface area contributed by atoms with Crippen molar-refractivity contribution in [2.45, 2.75) is 57.6 Å². The van der Waals surface area contributed by atoms with E-state index in [0.717, 1.165) is 18.2 Å². The standard InChI is InChI=1S/C34H34ClF6N7O3/c1-3-50-30(49)25-17-32(18-43-25)7-10-47(11-8-32)27-16-28(45-31(42)44-27)51-29(34(39,40)41)24-5-4-20(14-26(24)48-9-6-19(2)46-48)21-12-22(33(36,37)38)15-23(35)13-21/h4-6,9,12-16,25,29,43H,3,7-8,10-11,17-18H2,1-2H3,(H2,42,44,45)/t25-,29+/m0/s1. The zero-order chi connectivity index (χ0) is 36.7. The molecule has 272 valence electrons. The molecule has 1 spiro atoms. The average Bonchev–Trinajstić information content (AvgIpc) is 3.69. The number of carbonyl (C=O) groups is 1. The fraction of sp³-hybridized carbons (Fsp3) is 0.412.